The highest BCUT2D eigenvalue weighted by Crippen LogP contribution is 2.45. The first-order valence-electron chi connectivity index (χ1n) is 5.93. The van der Waals surface area contributed by atoms with E-state index in [-0.39, 0.29) is 0 Å². The molecule has 2 heterocycles. The van der Waals surface area contributed by atoms with Crippen molar-refractivity contribution in [2.45, 2.75) is 25.2 Å². The summed E-state index contributed by atoms with van der Waals surface area (Å²) in [5.74, 6) is 1.39. The number of benzene rings is 1. The van der Waals surface area contributed by atoms with Crippen molar-refractivity contribution in [3.8, 4) is 0 Å². The third kappa shape index (κ3) is 0.990. The molecule has 82 valence electrons. The zero-order chi connectivity index (χ0) is 10.7. The first-order valence-corrected chi connectivity index (χ1v) is 5.93. The Balaban J connectivity index is 2.02. The lowest BCUT2D eigenvalue weighted by Crippen LogP contribution is -2.28. The van der Waals surface area contributed by atoms with Crippen LogP contribution >= 0.6 is 0 Å². The first kappa shape index (κ1) is 8.76. The average molecular weight is 214 g/mol. The van der Waals surface area contributed by atoms with Crippen molar-refractivity contribution in [3.63, 3.8) is 0 Å². The number of fused-ring (bicyclic) bond motifs is 6. The van der Waals surface area contributed by atoms with Crippen LogP contribution in [0, 0.1) is 6.92 Å². The van der Waals surface area contributed by atoms with Crippen molar-refractivity contribution in [1.29, 1.82) is 0 Å². The minimum absolute atomic E-state index is 0.684. The van der Waals surface area contributed by atoms with E-state index in [1.165, 1.54) is 22.9 Å². The topological polar surface area (TPSA) is 38.1 Å². The molecule has 2 aromatic rings. The van der Waals surface area contributed by atoms with E-state index < -0.39 is 0 Å². The molecule has 1 aromatic heterocycles. The number of hydrogen-bond acceptors (Lipinski definition) is 3. The van der Waals surface area contributed by atoms with Gasteiger partial charge in [0, 0.05) is 18.5 Å². The van der Waals surface area contributed by atoms with Crippen LogP contribution in [0.3, 0.4) is 0 Å². The second kappa shape index (κ2) is 2.86. The molecular formula is C13H14N2O. The minimum Gasteiger partial charge on any atom is -0.356 e. The maximum absolute atomic E-state index is 5.35. The Morgan fingerprint density at radius 1 is 1.25 bits per heavy atom. The number of piperidine rings is 1. The molecule has 2 aliphatic rings. The van der Waals surface area contributed by atoms with Crippen LogP contribution in [0.1, 0.15) is 35.1 Å². The minimum atomic E-state index is 0.684. The molecule has 0 saturated carbocycles. The summed E-state index contributed by atoms with van der Waals surface area (Å²) in [6.45, 7) is 4.25. The standard InChI is InChI=1S/C13H14N2O/c1-7-10-3-11-8-2-9(6-14-5-8)12(11)4-13(10)16-15-7/h3-4,8-9,14H,2,5-6H2,1H3. The van der Waals surface area contributed by atoms with Crippen LogP contribution in [0.2, 0.25) is 0 Å². The molecule has 2 unspecified atom stereocenters. The fraction of sp³-hybridized carbons (Fsp3) is 0.462. The van der Waals surface area contributed by atoms with Crippen LogP contribution in [0.15, 0.2) is 16.7 Å². The van der Waals surface area contributed by atoms with Crippen molar-refractivity contribution in [2.75, 3.05) is 13.1 Å². The average Bonchev–Trinajstić information content (AvgIpc) is 2.79. The lowest BCUT2D eigenvalue weighted by molar-refractivity contribution is 0.447. The Morgan fingerprint density at radius 2 is 2.00 bits per heavy atom. The van der Waals surface area contributed by atoms with E-state index in [9.17, 15) is 0 Å². The molecule has 1 N–H and O–H groups in total. The predicted octanol–water partition coefficient (Wildman–Crippen LogP) is 2.31. The highest BCUT2D eigenvalue weighted by atomic mass is 16.5. The van der Waals surface area contributed by atoms with Gasteiger partial charge >= 0.3 is 0 Å². The van der Waals surface area contributed by atoms with Gasteiger partial charge in [0.2, 0.25) is 0 Å². The molecule has 1 aliphatic heterocycles. The molecule has 1 aromatic carbocycles. The summed E-state index contributed by atoms with van der Waals surface area (Å²) in [6, 6.07) is 4.51. The summed E-state index contributed by atoms with van der Waals surface area (Å²) in [6.07, 6.45) is 1.31. The van der Waals surface area contributed by atoms with Crippen molar-refractivity contribution in [3.05, 3.63) is 29.0 Å². The third-order valence-corrected chi connectivity index (χ3v) is 4.09. The Kier molecular flexibility index (Phi) is 1.56. The molecule has 1 fully saturated rings. The molecule has 3 nitrogen and oxygen atoms in total. The summed E-state index contributed by atoms with van der Waals surface area (Å²) in [4.78, 5) is 0. The number of nitrogens with one attached hydrogen (secondary N) is 1. The van der Waals surface area contributed by atoms with Crippen LogP contribution < -0.4 is 5.32 Å². The fourth-order valence-electron chi connectivity index (χ4n) is 3.26. The lowest BCUT2D eigenvalue weighted by Gasteiger charge is -2.19. The van der Waals surface area contributed by atoms with Gasteiger partial charge < -0.3 is 9.84 Å². The molecule has 0 radical (unpaired) electrons. The van der Waals surface area contributed by atoms with Gasteiger partial charge in [0.1, 0.15) is 0 Å². The van der Waals surface area contributed by atoms with Gasteiger partial charge in [-0.05, 0) is 48.4 Å². The van der Waals surface area contributed by atoms with Crippen molar-refractivity contribution in [2.24, 2.45) is 0 Å². The third-order valence-electron chi connectivity index (χ3n) is 4.09. The van der Waals surface area contributed by atoms with Gasteiger partial charge in [0.25, 0.3) is 0 Å². The second-order valence-electron chi connectivity index (χ2n) is 5.03. The van der Waals surface area contributed by atoms with Gasteiger partial charge in [-0.3, -0.25) is 0 Å². The predicted molar refractivity (Wildman–Crippen MR) is 61.7 cm³/mol. The number of hydrogen-bond donors (Lipinski definition) is 1. The maximum Gasteiger partial charge on any atom is 0.167 e. The summed E-state index contributed by atoms with van der Waals surface area (Å²) in [5.41, 5.74) is 4.96. The number of rotatable bonds is 0. The molecule has 16 heavy (non-hydrogen) atoms. The molecule has 1 aliphatic carbocycles. The van der Waals surface area contributed by atoms with Crippen LogP contribution in [-0.4, -0.2) is 18.2 Å². The molecule has 2 bridgehead atoms. The van der Waals surface area contributed by atoms with Gasteiger partial charge in [-0.25, -0.2) is 0 Å². The molecular weight excluding hydrogens is 200 g/mol. The van der Waals surface area contributed by atoms with E-state index in [1.54, 1.807) is 0 Å². The zero-order valence-electron chi connectivity index (χ0n) is 9.29. The van der Waals surface area contributed by atoms with Crippen LogP contribution in [0.25, 0.3) is 11.0 Å². The largest absolute Gasteiger partial charge is 0.356 e. The van der Waals surface area contributed by atoms with Gasteiger partial charge in [-0.1, -0.05) is 5.16 Å². The molecule has 4 rings (SSSR count). The molecule has 1 saturated heterocycles. The van der Waals surface area contributed by atoms with Crippen molar-refractivity contribution >= 4 is 11.0 Å². The summed E-state index contributed by atoms with van der Waals surface area (Å²) in [7, 11) is 0. The van der Waals surface area contributed by atoms with E-state index in [0.717, 1.165) is 24.4 Å². The quantitative estimate of drug-likeness (QED) is 0.731. The van der Waals surface area contributed by atoms with E-state index in [1.807, 2.05) is 6.92 Å². The van der Waals surface area contributed by atoms with Crippen LogP contribution in [0.5, 0.6) is 0 Å². The van der Waals surface area contributed by atoms with Crippen molar-refractivity contribution in [1.82, 2.24) is 10.5 Å². The smallest absolute Gasteiger partial charge is 0.167 e. The number of nitrogens with zero attached hydrogens (tertiary/aromatic N) is 1. The van der Waals surface area contributed by atoms with E-state index in [4.69, 9.17) is 4.52 Å². The monoisotopic (exact) mass is 214 g/mol. The van der Waals surface area contributed by atoms with Crippen LogP contribution in [-0.2, 0) is 0 Å². The highest BCUT2D eigenvalue weighted by molar-refractivity contribution is 5.82. The Labute approximate surface area is 93.8 Å². The molecule has 0 amide bonds. The van der Waals surface area contributed by atoms with Gasteiger partial charge in [0.15, 0.2) is 5.58 Å². The molecule has 3 heteroatoms. The first-order chi connectivity index (χ1) is 7.83. The number of aryl methyl sites for hydroxylation is 1. The Hall–Kier alpha value is -1.35. The van der Waals surface area contributed by atoms with E-state index >= 15 is 0 Å². The number of aromatic nitrogens is 1. The van der Waals surface area contributed by atoms with Gasteiger partial charge in [0.05, 0.1) is 5.69 Å². The Bertz CT molecular complexity index is 573. The molecule has 0 spiro atoms. The zero-order valence-corrected chi connectivity index (χ0v) is 9.29. The van der Waals surface area contributed by atoms with Gasteiger partial charge in [-0.2, -0.15) is 0 Å². The normalized spacial score (nSPS) is 27.3. The molecule has 2 atom stereocenters. The lowest BCUT2D eigenvalue weighted by atomic mass is 9.98. The van der Waals surface area contributed by atoms with E-state index in [2.05, 4.69) is 22.6 Å². The fourth-order valence-corrected chi connectivity index (χ4v) is 3.26. The Morgan fingerprint density at radius 3 is 2.81 bits per heavy atom. The SMILES string of the molecule is Cc1noc2cc3c(cc12)C1CNCC3C1. The van der Waals surface area contributed by atoms with E-state index in [0.29, 0.717) is 11.8 Å². The second-order valence-corrected chi connectivity index (χ2v) is 5.03. The van der Waals surface area contributed by atoms with Crippen LogP contribution in [0.4, 0.5) is 0 Å². The van der Waals surface area contributed by atoms with Gasteiger partial charge in [-0.15, -0.1) is 0 Å². The highest BCUT2D eigenvalue weighted by Gasteiger charge is 2.34. The summed E-state index contributed by atoms with van der Waals surface area (Å²) < 4.78 is 5.35. The maximum atomic E-state index is 5.35. The summed E-state index contributed by atoms with van der Waals surface area (Å²) >= 11 is 0. The summed E-state index contributed by atoms with van der Waals surface area (Å²) in [5, 5.41) is 8.73. The van der Waals surface area contributed by atoms with Crippen molar-refractivity contribution < 1.29 is 4.52 Å².